The van der Waals surface area contributed by atoms with E-state index in [0.29, 0.717) is 21.3 Å². The van der Waals surface area contributed by atoms with Crippen LogP contribution in [0.4, 0.5) is 4.39 Å². The number of aromatic nitrogens is 1. The average Bonchev–Trinajstić information content (AvgIpc) is 2.75. The normalized spacial score (nSPS) is 10.8. The Morgan fingerprint density at radius 2 is 2.00 bits per heavy atom. The molecule has 5 heteroatoms. The van der Waals surface area contributed by atoms with Gasteiger partial charge in [-0.3, -0.25) is 0 Å². The lowest BCUT2D eigenvalue weighted by molar-refractivity contribution is 0.341. The maximum atomic E-state index is 12.9. The van der Waals surface area contributed by atoms with E-state index in [9.17, 15) is 4.39 Å². The van der Waals surface area contributed by atoms with Crippen LogP contribution in [0, 0.1) is 5.82 Å². The highest BCUT2D eigenvalue weighted by Gasteiger charge is 2.10. The van der Waals surface area contributed by atoms with E-state index in [0.717, 1.165) is 0 Å². The SMILES string of the molecule is Fc1ccc(Oc2nc3ccccc3o2)c(Br)c1. The molecule has 18 heavy (non-hydrogen) atoms. The Bertz CT molecular complexity index is 678. The molecule has 0 bridgehead atoms. The van der Waals surface area contributed by atoms with Crippen LogP contribution in [-0.2, 0) is 0 Å². The third kappa shape index (κ3) is 2.09. The fourth-order valence-corrected chi connectivity index (χ4v) is 1.98. The van der Waals surface area contributed by atoms with Crippen molar-refractivity contribution < 1.29 is 13.5 Å². The highest BCUT2D eigenvalue weighted by atomic mass is 79.9. The van der Waals surface area contributed by atoms with Crippen LogP contribution in [0.15, 0.2) is 51.4 Å². The van der Waals surface area contributed by atoms with Crippen LogP contribution in [0.3, 0.4) is 0 Å². The molecule has 0 saturated carbocycles. The Morgan fingerprint density at radius 3 is 2.78 bits per heavy atom. The maximum Gasteiger partial charge on any atom is 0.400 e. The van der Waals surface area contributed by atoms with Gasteiger partial charge in [-0.2, -0.15) is 4.98 Å². The Morgan fingerprint density at radius 1 is 1.17 bits per heavy atom. The van der Waals surface area contributed by atoms with Gasteiger partial charge >= 0.3 is 6.08 Å². The monoisotopic (exact) mass is 307 g/mol. The van der Waals surface area contributed by atoms with Crippen LogP contribution < -0.4 is 4.74 Å². The lowest BCUT2D eigenvalue weighted by Gasteiger charge is -2.02. The summed E-state index contributed by atoms with van der Waals surface area (Å²) < 4.78 is 24.3. The summed E-state index contributed by atoms with van der Waals surface area (Å²) in [4.78, 5) is 4.17. The van der Waals surface area contributed by atoms with E-state index in [1.807, 2.05) is 18.2 Å². The lowest BCUT2D eigenvalue weighted by Crippen LogP contribution is -1.86. The first-order chi connectivity index (χ1) is 8.72. The second-order valence-corrected chi connectivity index (χ2v) is 4.48. The van der Waals surface area contributed by atoms with E-state index in [2.05, 4.69) is 20.9 Å². The quantitative estimate of drug-likeness (QED) is 0.698. The highest BCUT2D eigenvalue weighted by Crippen LogP contribution is 2.31. The van der Waals surface area contributed by atoms with Crippen molar-refractivity contribution in [2.24, 2.45) is 0 Å². The number of nitrogens with zero attached hydrogens (tertiary/aromatic N) is 1. The highest BCUT2D eigenvalue weighted by molar-refractivity contribution is 9.10. The molecular weight excluding hydrogens is 301 g/mol. The molecule has 0 unspecified atom stereocenters. The first kappa shape index (κ1) is 11.2. The number of oxazole rings is 1. The van der Waals surface area contributed by atoms with Gasteiger partial charge in [-0.05, 0) is 46.3 Å². The lowest BCUT2D eigenvalue weighted by atomic mass is 10.3. The molecule has 0 spiro atoms. The third-order valence-corrected chi connectivity index (χ3v) is 2.99. The number of para-hydroxylation sites is 2. The van der Waals surface area contributed by atoms with Crippen LogP contribution in [0.5, 0.6) is 11.8 Å². The van der Waals surface area contributed by atoms with E-state index in [1.54, 1.807) is 6.07 Å². The van der Waals surface area contributed by atoms with Crippen LogP contribution in [0.2, 0.25) is 0 Å². The molecule has 90 valence electrons. The summed E-state index contributed by atoms with van der Waals surface area (Å²) in [5.74, 6) is 0.106. The zero-order chi connectivity index (χ0) is 12.5. The fraction of sp³-hybridized carbons (Fsp3) is 0. The molecule has 0 fully saturated rings. The third-order valence-electron chi connectivity index (χ3n) is 2.37. The molecule has 3 rings (SSSR count). The molecule has 3 aromatic rings. The number of benzene rings is 2. The van der Waals surface area contributed by atoms with Gasteiger partial charge in [0.25, 0.3) is 0 Å². The van der Waals surface area contributed by atoms with Crippen molar-refractivity contribution in [3.63, 3.8) is 0 Å². The molecule has 0 radical (unpaired) electrons. The Hall–Kier alpha value is -1.88. The van der Waals surface area contributed by atoms with Crippen LogP contribution in [0.1, 0.15) is 0 Å². The first-order valence-corrected chi connectivity index (χ1v) is 6.00. The van der Waals surface area contributed by atoms with Gasteiger partial charge in [0.15, 0.2) is 5.58 Å². The van der Waals surface area contributed by atoms with Crippen molar-refractivity contribution in [1.82, 2.24) is 4.98 Å². The standard InChI is InChI=1S/C13H7BrFNO2/c14-9-7-8(15)5-6-11(9)17-13-16-10-3-1-2-4-12(10)18-13/h1-7H. The number of fused-ring (bicyclic) bond motifs is 1. The zero-order valence-corrected chi connectivity index (χ0v) is 10.6. The van der Waals surface area contributed by atoms with Crippen molar-refractivity contribution >= 4 is 27.0 Å². The molecule has 0 aliphatic carbocycles. The molecule has 0 amide bonds. The van der Waals surface area contributed by atoms with Gasteiger partial charge in [-0.15, -0.1) is 0 Å². The van der Waals surface area contributed by atoms with Crippen LogP contribution in [0.25, 0.3) is 11.1 Å². The number of rotatable bonds is 2. The summed E-state index contributed by atoms with van der Waals surface area (Å²) in [6, 6.07) is 11.5. The fourth-order valence-electron chi connectivity index (χ4n) is 1.55. The smallest absolute Gasteiger partial charge is 0.400 e. The molecule has 0 N–H and O–H groups in total. The van der Waals surface area contributed by atoms with Crippen molar-refractivity contribution in [2.75, 3.05) is 0 Å². The van der Waals surface area contributed by atoms with Crippen molar-refractivity contribution in [3.05, 3.63) is 52.8 Å². The molecule has 2 aromatic carbocycles. The van der Waals surface area contributed by atoms with Crippen molar-refractivity contribution in [2.45, 2.75) is 0 Å². The molecule has 0 atom stereocenters. The first-order valence-electron chi connectivity index (χ1n) is 5.21. The van der Waals surface area contributed by atoms with Crippen LogP contribution >= 0.6 is 15.9 Å². The second-order valence-electron chi connectivity index (χ2n) is 3.62. The van der Waals surface area contributed by atoms with E-state index >= 15 is 0 Å². The zero-order valence-electron chi connectivity index (χ0n) is 9.06. The van der Waals surface area contributed by atoms with Gasteiger partial charge in [0.05, 0.1) is 4.47 Å². The molecule has 3 nitrogen and oxygen atoms in total. The van der Waals surface area contributed by atoms with Gasteiger partial charge in [0.2, 0.25) is 0 Å². The molecular formula is C13H7BrFNO2. The summed E-state index contributed by atoms with van der Waals surface area (Å²) in [5.41, 5.74) is 1.36. The predicted octanol–water partition coefficient (Wildman–Crippen LogP) is 4.52. The van der Waals surface area contributed by atoms with Gasteiger partial charge in [0.1, 0.15) is 17.1 Å². The molecule has 1 aromatic heterocycles. The van der Waals surface area contributed by atoms with Crippen molar-refractivity contribution in [1.29, 1.82) is 0 Å². The number of hydrogen-bond acceptors (Lipinski definition) is 3. The number of ether oxygens (including phenoxy) is 1. The van der Waals surface area contributed by atoms with E-state index in [1.165, 1.54) is 18.2 Å². The van der Waals surface area contributed by atoms with E-state index in [4.69, 9.17) is 9.15 Å². The van der Waals surface area contributed by atoms with Gasteiger partial charge < -0.3 is 9.15 Å². The minimum atomic E-state index is -0.341. The maximum absolute atomic E-state index is 12.9. The second kappa shape index (κ2) is 4.42. The van der Waals surface area contributed by atoms with E-state index in [-0.39, 0.29) is 11.9 Å². The summed E-state index contributed by atoms with van der Waals surface area (Å²) in [6.45, 7) is 0. The number of hydrogen-bond donors (Lipinski definition) is 0. The summed E-state index contributed by atoms with van der Waals surface area (Å²) >= 11 is 3.21. The van der Waals surface area contributed by atoms with Crippen LogP contribution in [-0.4, -0.2) is 4.98 Å². The summed E-state index contributed by atoms with van der Waals surface area (Å²) in [5, 5.41) is 0. The summed E-state index contributed by atoms with van der Waals surface area (Å²) in [6.07, 6.45) is 0.128. The predicted molar refractivity (Wildman–Crippen MR) is 68.2 cm³/mol. The Kier molecular flexibility index (Phi) is 2.76. The molecule has 1 heterocycles. The largest absolute Gasteiger partial charge is 0.410 e. The Balaban J connectivity index is 1.96. The molecule has 0 aliphatic heterocycles. The topological polar surface area (TPSA) is 35.3 Å². The summed E-state index contributed by atoms with van der Waals surface area (Å²) in [7, 11) is 0. The van der Waals surface area contributed by atoms with Gasteiger partial charge in [-0.1, -0.05) is 12.1 Å². The van der Waals surface area contributed by atoms with Crippen molar-refractivity contribution in [3.8, 4) is 11.8 Å². The molecule has 0 aliphatic rings. The van der Waals surface area contributed by atoms with E-state index < -0.39 is 0 Å². The minimum Gasteiger partial charge on any atom is -0.410 e. The molecule has 0 saturated heterocycles. The minimum absolute atomic E-state index is 0.128. The van der Waals surface area contributed by atoms with Gasteiger partial charge in [0, 0.05) is 0 Å². The number of halogens is 2. The average molecular weight is 308 g/mol. The Labute approximate surface area is 110 Å². The van der Waals surface area contributed by atoms with Gasteiger partial charge in [-0.25, -0.2) is 4.39 Å².